The normalized spacial score (nSPS) is 18.3. The number of ether oxygens (including phenoxy) is 1. The van der Waals surface area contributed by atoms with Crippen molar-refractivity contribution in [2.75, 3.05) is 37.7 Å². The maximum absolute atomic E-state index is 13.1. The fourth-order valence-corrected chi connectivity index (χ4v) is 5.14. The second-order valence-corrected chi connectivity index (χ2v) is 8.89. The number of benzene rings is 2. The molecular weight excluding hydrogens is 348 g/mol. The molecule has 0 N–H and O–H groups in total. The molecule has 0 saturated carbocycles. The summed E-state index contributed by atoms with van der Waals surface area (Å²) in [5.74, 6) is 0.811. The van der Waals surface area contributed by atoms with Gasteiger partial charge in [-0.25, -0.2) is 8.42 Å². The Morgan fingerprint density at radius 3 is 2.58 bits per heavy atom. The highest BCUT2D eigenvalue weighted by Gasteiger charge is 2.28. The van der Waals surface area contributed by atoms with Crippen molar-refractivity contribution >= 4 is 15.7 Å². The van der Waals surface area contributed by atoms with E-state index in [0.717, 1.165) is 36.4 Å². The van der Waals surface area contributed by atoms with Crippen LogP contribution >= 0.6 is 0 Å². The van der Waals surface area contributed by atoms with E-state index in [9.17, 15) is 8.42 Å². The lowest BCUT2D eigenvalue weighted by Crippen LogP contribution is -2.35. The summed E-state index contributed by atoms with van der Waals surface area (Å²) in [5, 5.41) is 0. The first-order chi connectivity index (χ1) is 12.5. The van der Waals surface area contributed by atoms with Crippen LogP contribution in [0.2, 0.25) is 0 Å². The number of anilines is 1. The van der Waals surface area contributed by atoms with E-state index in [0.29, 0.717) is 31.1 Å². The van der Waals surface area contributed by atoms with Gasteiger partial charge in [-0.15, -0.1) is 0 Å². The third-order valence-corrected chi connectivity index (χ3v) is 7.05. The van der Waals surface area contributed by atoms with Gasteiger partial charge < -0.3 is 9.64 Å². The van der Waals surface area contributed by atoms with Crippen LogP contribution < -0.4 is 9.64 Å². The van der Waals surface area contributed by atoms with Gasteiger partial charge in [0.15, 0.2) is 0 Å². The first-order valence-electron chi connectivity index (χ1n) is 9.11. The van der Waals surface area contributed by atoms with E-state index in [4.69, 9.17) is 4.74 Å². The topological polar surface area (TPSA) is 49.9 Å². The lowest BCUT2D eigenvalue weighted by molar-refractivity contribution is 0.356. The van der Waals surface area contributed by atoms with Crippen LogP contribution in [-0.2, 0) is 16.4 Å². The van der Waals surface area contributed by atoms with E-state index in [1.54, 1.807) is 22.5 Å². The van der Waals surface area contributed by atoms with Crippen LogP contribution in [-0.4, -0.2) is 45.5 Å². The SMILES string of the molecule is Cc1ccc(N2CCCN(S(=O)(=O)c3ccc4c(c3)CCO4)CC2)cc1. The van der Waals surface area contributed by atoms with Gasteiger partial charge in [-0.2, -0.15) is 4.31 Å². The van der Waals surface area contributed by atoms with Crippen molar-refractivity contribution in [1.82, 2.24) is 4.31 Å². The highest BCUT2D eigenvalue weighted by molar-refractivity contribution is 7.89. The standard InChI is InChI=1S/C20H24N2O3S/c1-16-3-5-18(6-4-16)21-10-2-11-22(13-12-21)26(23,24)19-7-8-20-17(15-19)9-14-25-20/h3-8,15H,2,9-14H2,1H3. The molecule has 26 heavy (non-hydrogen) atoms. The van der Waals surface area contributed by atoms with Gasteiger partial charge in [-0.05, 0) is 49.2 Å². The molecule has 2 heterocycles. The van der Waals surface area contributed by atoms with Crippen LogP contribution in [0.25, 0.3) is 0 Å². The van der Waals surface area contributed by atoms with Crippen molar-refractivity contribution in [3.05, 3.63) is 53.6 Å². The number of rotatable bonds is 3. The van der Waals surface area contributed by atoms with E-state index in [2.05, 4.69) is 36.1 Å². The predicted octanol–water partition coefficient (Wildman–Crippen LogP) is 2.83. The highest BCUT2D eigenvalue weighted by atomic mass is 32.2. The summed E-state index contributed by atoms with van der Waals surface area (Å²) in [6, 6.07) is 13.6. The summed E-state index contributed by atoms with van der Waals surface area (Å²) in [7, 11) is -3.47. The van der Waals surface area contributed by atoms with E-state index in [1.165, 1.54) is 5.56 Å². The molecule has 1 fully saturated rings. The van der Waals surface area contributed by atoms with Gasteiger partial charge >= 0.3 is 0 Å². The fraction of sp³-hybridized carbons (Fsp3) is 0.400. The molecule has 6 heteroatoms. The maximum Gasteiger partial charge on any atom is 0.243 e. The number of nitrogens with zero attached hydrogens (tertiary/aromatic N) is 2. The molecule has 2 aromatic rings. The van der Waals surface area contributed by atoms with Crippen molar-refractivity contribution in [3.63, 3.8) is 0 Å². The molecule has 0 radical (unpaired) electrons. The molecular formula is C20H24N2O3S. The van der Waals surface area contributed by atoms with Gasteiger partial charge in [0.25, 0.3) is 0 Å². The van der Waals surface area contributed by atoms with Crippen LogP contribution in [0.5, 0.6) is 5.75 Å². The Hall–Kier alpha value is -2.05. The van der Waals surface area contributed by atoms with E-state index in [1.807, 2.05) is 0 Å². The van der Waals surface area contributed by atoms with Gasteiger partial charge in [-0.3, -0.25) is 0 Å². The largest absolute Gasteiger partial charge is 0.493 e. The molecule has 0 atom stereocenters. The Balaban J connectivity index is 1.52. The van der Waals surface area contributed by atoms with E-state index >= 15 is 0 Å². The Kier molecular flexibility index (Phi) is 4.63. The second kappa shape index (κ2) is 6.93. The molecule has 0 aliphatic carbocycles. The first-order valence-corrected chi connectivity index (χ1v) is 10.6. The second-order valence-electron chi connectivity index (χ2n) is 6.95. The molecule has 5 nitrogen and oxygen atoms in total. The number of hydrogen-bond acceptors (Lipinski definition) is 4. The van der Waals surface area contributed by atoms with Crippen molar-refractivity contribution in [3.8, 4) is 5.75 Å². The van der Waals surface area contributed by atoms with Gasteiger partial charge in [0.05, 0.1) is 11.5 Å². The summed E-state index contributed by atoms with van der Waals surface area (Å²) < 4.78 is 33.3. The van der Waals surface area contributed by atoms with Crippen molar-refractivity contribution in [2.24, 2.45) is 0 Å². The lowest BCUT2D eigenvalue weighted by atomic mass is 10.2. The van der Waals surface area contributed by atoms with Crippen LogP contribution in [0.3, 0.4) is 0 Å². The third kappa shape index (κ3) is 3.31. The van der Waals surface area contributed by atoms with E-state index < -0.39 is 10.0 Å². The van der Waals surface area contributed by atoms with Crippen LogP contribution in [0.4, 0.5) is 5.69 Å². The summed E-state index contributed by atoms with van der Waals surface area (Å²) in [6.07, 6.45) is 1.60. The van der Waals surface area contributed by atoms with E-state index in [-0.39, 0.29) is 0 Å². The molecule has 2 aliphatic rings. The van der Waals surface area contributed by atoms with Crippen molar-refractivity contribution in [1.29, 1.82) is 0 Å². The van der Waals surface area contributed by atoms with Crippen molar-refractivity contribution in [2.45, 2.75) is 24.7 Å². The zero-order valence-corrected chi connectivity index (χ0v) is 15.8. The summed E-state index contributed by atoms with van der Waals surface area (Å²) >= 11 is 0. The average Bonchev–Trinajstić information content (AvgIpc) is 2.96. The molecule has 138 valence electrons. The zero-order valence-electron chi connectivity index (χ0n) is 15.0. The molecule has 2 aliphatic heterocycles. The fourth-order valence-electron chi connectivity index (χ4n) is 3.62. The van der Waals surface area contributed by atoms with Crippen LogP contribution in [0, 0.1) is 6.92 Å². The number of sulfonamides is 1. The third-order valence-electron chi connectivity index (χ3n) is 5.15. The van der Waals surface area contributed by atoms with Gasteiger partial charge in [-0.1, -0.05) is 17.7 Å². The predicted molar refractivity (Wildman–Crippen MR) is 102 cm³/mol. The van der Waals surface area contributed by atoms with Crippen molar-refractivity contribution < 1.29 is 13.2 Å². The molecule has 4 rings (SSSR count). The molecule has 0 bridgehead atoms. The van der Waals surface area contributed by atoms with Gasteiger partial charge in [0, 0.05) is 38.3 Å². The number of fused-ring (bicyclic) bond motifs is 1. The Labute approximate surface area is 155 Å². The Morgan fingerprint density at radius 2 is 1.77 bits per heavy atom. The molecule has 0 amide bonds. The summed E-state index contributed by atoms with van der Waals surface area (Å²) in [4.78, 5) is 2.65. The minimum atomic E-state index is -3.47. The highest BCUT2D eigenvalue weighted by Crippen LogP contribution is 2.29. The smallest absolute Gasteiger partial charge is 0.243 e. The molecule has 2 aromatic carbocycles. The Bertz CT molecular complexity index is 894. The molecule has 0 spiro atoms. The maximum atomic E-state index is 13.1. The van der Waals surface area contributed by atoms with Crippen LogP contribution in [0.15, 0.2) is 47.4 Å². The molecule has 1 saturated heterocycles. The minimum Gasteiger partial charge on any atom is -0.493 e. The Morgan fingerprint density at radius 1 is 0.962 bits per heavy atom. The van der Waals surface area contributed by atoms with Gasteiger partial charge in [0.1, 0.15) is 5.75 Å². The lowest BCUT2D eigenvalue weighted by Gasteiger charge is -2.23. The molecule has 0 unspecified atom stereocenters. The van der Waals surface area contributed by atoms with Gasteiger partial charge in [0.2, 0.25) is 10.0 Å². The molecule has 0 aromatic heterocycles. The number of hydrogen-bond donors (Lipinski definition) is 0. The quantitative estimate of drug-likeness (QED) is 0.831. The van der Waals surface area contributed by atoms with Crippen LogP contribution in [0.1, 0.15) is 17.5 Å². The summed E-state index contributed by atoms with van der Waals surface area (Å²) in [6.45, 7) is 5.34. The first kappa shape index (κ1) is 17.4. The average molecular weight is 372 g/mol. The minimum absolute atomic E-state index is 0.380. The summed E-state index contributed by atoms with van der Waals surface area (Å²) in [5.41, 5.74) is 3.38. The zero-order chi connectivity index (χ0) is 18.1. The monoisotopic (exact) mass is 372 g/mol. The number of aryl methyl sites for hydroxylation is 1.